The van der Waals surface area contributed by atoms with E-state index in [1.807, 2.05) is 0 Å². The highest BCUT2D eigenvalue weighted by Crippen LogP contribution is 2.21. The fraction of sp³-hybridized carbons (Fsp3) is 0.143. The van der Waals surface area contributed by atoms with Crippen molar-refractivity contribution in [2.45, 2.75) is 25.4 Å². The van der Waals surface area contributed by atoms with E-state index in [1.165, 1.54) is 30.5 Å². The van der Waals surface area contributed by atoms with Gasteiger partial charge < -0.3 is 36.4 Å². The second kappa shape index (κ2) is 13.7. The van der Waals surface area contributed by atoms with Crippen molar-refractivity contribution in [3.63, 3.8) is 0 Å². The van der Waals surface area contributed by atoms with E-state index in [9.17, 15) is 33.6 Å². The van der Waals surface area contributed by atoms with Crippen LogP contribution in [0.15, 0.2) is 53.5 Å². The highest BCUT2D eigenvalue weighted by Gasteiger charge is 2.30. The molecule has 1 aliphatic heterocycles. The number of amides is 1. The quantitative estimate of drug-likeness (QED) is 0.0931. The van der Waals surface area contributed by atoms with Gasteiger partial charge in [-0.3, -0.25) is 19.4 Å². The molecule has 1 amide bonds. The van der Waals surface area contributed by atoms with Crippen molar-refractivity contribution in [3.8, 4) is 0 Å². The first-order valence-electron chi connectivity index (χ1n) is 13.1. The molecule has 18 heteroatoms. The van der Waals surface area contributed by atoms with E-state index in [0.29, 0.717) is 11.4 Å². The van der Waals surface area contributed by atoms with Gasteiger partial charge in [0.2, 0.25) is 5.95 Å². The van der Waals surface area contributed by atoms with Crippen LogP contribution in [-0.2, 0) is 20.9 Å². The fourth-order valence-corrected chi connectivity index (χ4v) is 3.97. The Hall–Kier alpha value is -6.72. The molecule has 0 bridgehead atoms. The second-order valence-corrected chi connectivity index (χ2v) is 9.45. The summed E-state index contributed by atoms with van der Waals surface area (Å²) in [4.78, 5) is 93.1. The molecule has 1 unspecified atom stereocenters. The maximum atomic E-state index is 12.3. The molecule has 2 aromatic heterocycles. The predicted octanol–water partition coefficient (Wildman–Crippen LogP) is 0.651. The van der Waals surface area contributed by atoms with Gasteiger partial charge in [0.15, 0.2) is 11.2 Å². The number of fused-ring (bicyclic) bond motifs is 2. The molecule has 18 nitrogen and oxygen atoms in total. The standard InChI is InChI=1S/C19H19N7O6.C9H4O5/c20-19-25-15-14(17(30)26-19)23-11(8-22-15)7-21-10-3-1-9(2-4-10)16(29)24-12(18(31)32)5-6-13(27)28;10-7(11)4-1-2-5-6(3-4)9(13)14-8(5)12/h1-4,8,12,21H,5-7H2,(H,24,29)(H,27,28)(H,31,32)(H3,20,22,25,26,30);1-3H,(H,10,11). The lowest BCUT2D eigenvalue weighted by Gasteiger charge is -2.14. The van der Waals surface area contributed by atoms with Gasteiger partial charge in [0.05, 0.1) is 35.1 Å². The van der Waals surface area contributed by atoms with E-state index >= 15 is 0 Å². The van der Waals surface area contributed by atoms with Crippen LogP contribution in [0.2, 0.25) is 0 Å². The summed E-state index contributed by atoms with van der Waals surface area (Å²) in [7, 11) is 0. The lowest BCUT2D eigenvalue weighted by Crippen LogP contribution is -2.41. The number of aromatic carboxylic acids is 1. The highest BCUT2D eigenvalue weighted by atomic mass is 16.6. The van der Waals surface area contributed by atoms with Gasteiger partial charge in [-0.1, -0.05) is 0 Å². The number of carbonyl (C=O) groups excluding carboxylic acids is 3. The van der Waals surface area contributed by atoms with Gasteiger partial charge in [0.1, 0.15) is 6.04 Å². The zero-order chi connectivity index (χ0) is 33.5. The number of nitrogens with zero attached hydrogens (tertiary/aromatic N) is 3. The molecule has 0 aliphatic carbocycles. The third kappa shape index (κ3) is 7.81. The number of ether oxygens (including phenoxy) is 1. The van der Waals surface area contributed by atoms with Gasteiger partial charge in [-0.15, -0.1) is 0 Å². The van der Waals surface area contributed by atoms with Crippen LogP contribution in [-0.4, -0.2) is 77.1 Å². The number of hydrogen-bond acceptors (Lipinski definition) is 13. The normalized spacial score (nSPS) is 12.3. The van der Waals surface area contributed by atoms with Crippen molar-refractivity contribution in [1.82, 2.24) is 25.3 Å². The van der Waals surface area contributed by atoms with Gasteiger partial charge in [0, 0.05) is 17.7 Å². The molecule has 0 saturated heterocycles. The van der Waals surface area contributed by atoms with Gasteiger partial charge >= 0.3 is 29.8 Å². The number of cyclic esters (lactones) is 2. The van der Waals surface area contributed by atoms with Crippen molar-refractivity contribution in [3.05, 3.63) is 87.0 Å². The predicted molar refractivity (Wildman–Crippen MR) is 155 cm³/mol. The molecule has 8 N–H and O–H groups in total. The first-order valence-corrected chi connectivity index (χ1v) is 13.1. The number of aliphatic carboxylic acids is 2. The number of nitrogens with one attached hydrogen (secondary N) is 3. The van der Waals surface area contributed by atoms with E-state index in [1.54, 1.807) is 12.1 Å². The summed E-state index contributed by atoms with van der Waals surface area (Å²) >= 11 is 0. The van der Waals surface area contributed by atoms with E-state index in [-0.39, 0.29) is 58.8 Å². The second-order valence-electron chi connectivity index (χ2n) is 9.45. The van der Waals surface area contributed by atoms with Gasteiger partial charge in [-0.05, 0) is 48.9 Å². The summed E-state index contributed by atoms with van der Waals surface area (Å²) in [5.74, 6) is -5.84. The van der Waals surface area contributed by atoms with Crippen molar-refractivity contribution in [2.24, 2.45) is 0 Å². The third-order valence-electron chi connectivity index (χ3n) is 6.25. The molecule has 0 radical (unpaired) electrons. The number of aromatic nitrogens is 4. The Balaban J connectivity index is 0.000000284. The number of anilines is 2. The SMILES string of the molecule is Nc1nc2ncc(CNc3ccc(C(=O)NC(CCC(=O)O)C(=O)O)cc3)nc2c(=O)[nH]1.O=C(O)c1ccc2c(c1)C(=O)OC2=O. The minimum absolute atomic E-state index is 0.00917. The molecule has 236 valence electrons. The molecule has 2 aromatic carbocycles. The van der Waals surface area contributed by atoms with E-state index in [2.05, 4.69) is 35.3 Å². The maximum absolute atomic E-state index is 12.3. The zero-order valence-electron chi connectivity index (χ0n) is 23.3. The van der Waals surface area contributed by atoms with Crippen LogP contribution in [0.1, 0.15) is 60.0 Å². The average Bonchev–Trinajstić information content (AvgIpc) is 3.30. The number of nitrogen functional groups attached to an aromatic ring is 1. The number of carbonyl (C=O) groups is 6. The van der Waals surface area contributed by atoms with E-state index in [4.69, 9.17) is 21.1 Å². The number of carboxylic acid groups (broad SMARTS) is 3. The van der Waals surface area contributed by atoms with Crippen LogP contribution < -0.4 is 21.9 Å². The summed E-state index contributed by atoms with van der Waals surface area (Å²) in [6, 6.07) is 8.51. The smallest absolute Gasteiger partial charge is 0.346 e. The molecule has 1 atom stereocenters. The highest BCUT2D eigenvalue weighted by molar-refractivity contribution is 6.15. The number of H-pyrrole nitrogens is 1. The number of rotatable bonds is 10. The number of carboxylic acids is 3. The molecule has 0 spiro atoms. The Labute approximate surface area is 256 Å². The molecule has 1 aliphatic rings. The van der Waals surface area contributed by atoms with Gasteiger partial charge in [-0.25, -0.2) is 29.1 Å². The van der Waals surface area contributed by atoms with Crippen LogP contribution in [0.25, 0.3) is 11.2 Å². The first kappa shape index (κ1) is 32.2. The molecule has 5 rings (SSSR count). The molecule has 0 saturated carbocycles. The van der Waals surface area contributed by atoms with Gasteiger partial charge in [-0.2, -0.15) is 4.98 Å². The Bertz CT molecular complexity index is 1940. The third-order valence-corrected chi connectivity index (χ3v) is 6.25. The molecular formula is C28H23N7O11. The summed E-state index contributed by atoms with van der Waals surface area (Å²) in [5, 5.41) is 31.8. The van der Waals surface area contributed by atoms with Crippen molar-refractivity contribution >= 4 is 58.6 Å². The molecule has 4 aromatic rings. The largest absolute Gasteiger partial charge is 0.481 e. The summed E-state index contributed by atoms with van der Waals surface area (Å²) in [6.07, 6.45) is 0.840. The summed E-state index contributed by atoms with van der Waals surface area (Å²) in [6.45, 7) is 0.231. The number of hydrogen-bond donors (Lipinski definition) is 7. The molecule has 3 heterocycles. The monoisotopic (exact) mass is 633 g/mol. The average molecular weight is 634 g/mol. The van der Waals surface area contributed by atoms with Crippen LogP contribution in [0, 0.1) is 0 Å². The van der Waals surface area contributed by atoms with Crippen LogP contribution in [0.5, 0.6) is 0 Å². The first-order chi connectivity index (χ1) is 21.8. The number of esters is 2. The zero-order valence-corrected chi connectivity index (χ0v) is 23.3. The lowest BCUT2D eigenvalue weighted by atomic mass is 10.1. The topological polar surface area (TPSA) is 294 Å². The minimum atomic E-state index is -1.31. The summed E-state index contributed by atoms with van der Waals surface area (Å²) < 4.78 is 4.30. The van der Waals surface area contributed by atoms with Crippen molar-refractivity contribution in [1.29, 1.82) is 0 Å². The Morgan fingerprint density at radius 3 is 2.24 bits per heavy atom. The van der Waals surface area contributed by atoms with E-state index < -0.39 is 47.4 Å². The Kier molecular flexibility index (Phi) is 9.60. The van der Waals surface area contributed by atoms with Crippen LogP contribution in [0.4, 0.5) is 11.6 Å². The Morgan fingerprint density at radius 2 is 1.59 bits per heavy atom. The molecule has 46 heavy (non-hydrogen) atoms. The lowest BCUT2D eigenvalue weighted by molar-refractivity contribution is -0.140. The number of benzene rings is 2. The van der Waals surface area contributed by atoms with Gasteiger partial charge in [0.25, 0.3) is 11.5 Å². The Morgan fingerprint density at radius 1 is 0.913 bits per heavy atom. The number of aromatic amines is 1. The fourth-order valence-electron chi connectivity index (χ4n) is 3.97. The molecular weight excluding hydrogens is 610 g/mol. The minimum Gasteiger partial charge on any atom is -0.481 e. The maximum Gasteiger partial charge on any atom is 0.346 e. The van der Waals surface area contributed by atoms with E-state index in [0.717, 1.165) is 6.07 Å². The molecule has 0 fully saturated rings. The summed E-state index contributed by atoms with van der Waals surface area (Å²) in [5.41, 5.74) is 6.55. The van der Waals surface area contributed by atoms with Crippen LogP contribution >= 0.6 is 0 Å². The van der Waals surface area contributed by atoms with Crippen molar-refractivity contribution in [2.75, 3.05) is 11.1 Å². The number of nitrogens with two attached hydrogens (primary N) is 1. The van der Waals surface area contributed by atoms with Crippen molar-refractivity contribution < 1.29 is 48.8 Å². The van der Waals surface area contributed by atoms with Crippen LogP contribution in [0.3, 0.4) is 0 Å².